The molecular weight excluding hydrogens is 230 g/mol. The van der Waals surface area contributed by atoms with Crippen molar-refractivity contribution in [1.82, 2.24) is 10.2 Å². The van der Waals surface area contributed by atoms with E-state index < -0.39 is 0 Å². The summed E-state index contributed by atoms with van der Waals surface area (Å²) in [6.45, 7) is 0.626. The van der Waals surface area contributed by atoms with Gasteiger partial charge >= 0.3 is 0 Å². The van der Waals surface area contributed by atoms with Gasteiger partial charge in [0.25, 0.3) is 0 Å². The maximum atomic E-state index is 11.9. The van der Waals surface area contributed by atoms with Gasteiger partial charge in [-0.3, -0.25) is 9.59 Å². The molecule has 2 aliphatic rings. The molecule has 3 N–H and O–H groups in total. The Hall–Kier alpha value is -1.10. The first kappa shape index (κ1) is 13.3. The van der Waals surface area contributed by atoms with Gasteiger partial charge in [-0.2, -0.15) is 0 Å². The minimum atomic E-state index is -0.0187. The van der Waals surface area contributed by atoms with Gasteiger partial charge in [-0.1, -0.05) is 12.8 Å². The van der Waals surface area contributed by atoms with Crippen LogP contribution in [0.3, 0.4) is 0 Å². The number of carbonyl (C=O) groups is 2. The van der Waals surface area contributed by atoms with Crippen LogP contribution >= 0.6 is 0 Å². The van der Waals surface area contributed by atoms with Crippen LogP contribution in [0.4, 0.5) is 0 Å². The number of amides is 2. The zero-order chi connectivity index (χ0) is 13.1. The van der Waals surface area contributed by atoms with Crippen molar-refractivity contribution < 1.29 is 9.59 Å². The third-order valence-electron chi connectivity index (χ3n) is 4.12. The molecule has 5 nitrogen and oxygen atoms in total. The molecule has 1 saturated carbocycles. The number of likely N-dealkylation sites (N-methyl/N-ethyl adjacent to an activating group) is 1. The Morgan fingerprint density at radius 1 is 1.44 bits per heavy atom. The Morgan fingerprint density at radius 2 is 2.17 bits per heavy atom. The fourth-order valence-corrected chi connectivity index (χ4v) is 2.97. The lowest BCUT2D eigenvalue weighted by atomic mass is 9.83. The van der Waals surface area contributed by atoms with Crippen molar-refractivity contribution in [1.29, 1.82) is 0 Å². The summed E-state index contributed by atoms with van der Waals surface area (Å²) in [5, 5.41) is 2.95. The number of nitrogens with two attached hydrogens (primary N) is 1. The van der Waals surface area contributed by atoms with Crippen LogP contribution in [0.2, 0.25) is 0 Å². The number of rotatable bonds is 3. The largest absolute Gasteiger partial charge is 0.351 e. The number of carbonyl (C=O) groups excluding carboxylic acids is 2. The van der Waals surface area contributed by atoms with E-state index in [1.165, 1.54) is 12.8 Å². The van der Waals surface area contributed by atoms with Gasteiger partial charge in [-0.15, -0.1) is 0 Å². The molecule has 0 aromatic heterocycles. The molecule has 0 aromatic rings. The summed E-state index contributed by atoms with van der Waals surface area (Å²) in [4.78, 5) is 25.0. The van der Waals surface area contributed by atoms with Crippen molar-refractivity contribution in [3.8, 4) is 0 Å². The molecule has 0 aromatic carbocycles. The summed E-state index contributed by atoms with van der Waals surface area (Å²) in [6.07, 6.45) is 5.38. The molecule has 102 valence electrons. The first-order valence-corrected chi connectivity index (χ1v) is 6.85. The third kappa shape index (κ3) is 3.22. The van der Waals surface area contributed by atoms with Crippen LogP contribution in [0.15, 0.2) is 0 Å². The van der Waals surface area contributed by atoms with Crippen LogP contribution in [0.25, 0.3) is 0 Å². The van der Waals surface area contributed by atoms with Crippen LogP contribution in [-0.2, 0) is 9.59 Å². The van der Waals surface area contributed by atoms with Gasteiger partial charge in [0, 0.05) is 32.5 Å². The number of nitrogens with one attached hydrogen (secondary N) is 1. The van der Waals surface area contributed by atoms with E-state index in [2.05, 4.69) is 5.32 Å². The minimum Gasteiger partial charge on any atom is -0.351 e. The summed E-state index contributed by atoms with van der Waals surface area (Å²) in [5.74, 6) is 0.466. The smallest absolute Gasteiger partial charge is 0.224 e. The van der Waals surface area contributed by atoms with Crippen LogP contribution in [-0.4, -0.2) is 42.4 Å². The monoisotopic (exact) mass is 253 g/mol. The molecule has 0 spiro atoms. The van der Waals surface area contributed by atoms with Crippen molar-refractivity contribution >= 4 is 11.8 Å². The van der Waals surface area contributed by atoms with Crippen molar-refractivity contribution in [2.45, 2.75) is 50.6 Å². The number of nitrogens with zero attached hydrogens (tertiary/aromatic N) is 1. The molecule has 0 bridgehead atoms. The van der Waals surface area contributed by atoms with Crippen molar-refractivity contribution in [3.63, 3.8) is 0 Å². The molecule has 2 rings (SSSR count). The Balaban J connectivity index is 1.76. The van der Waals surface area contributed by atoms with E-state index in [9.17, 15) is 9.59 Å². The van der Waals surface area contributed by atoms with E-state index >= 15 is 0 Å². The summed E-state index contributed by atoms with van der Waals surface area (Å²) >= 11 is 0. The van der Waals surface area contributed by atoms with Gasteiger partial charge in [0.05, 0.1) is 6.04 Å². The molecule has 0 radical (unpaired) electrons. The predicted molar refractivity (Wildman–Crippen MR) is 68.7 cm³/mol. The summed E-state index contributed by atoms with van der Waals surface area (Å²) in [6, 6.07) is 0.146. The maximum Gasteiger partial charge on any atom is 0.224 e. The van der Waals surface area contributed by atoms with Crippen LogP contribution in [0.5, 0.6) is 0 Å². The fraction of sp³-hybridized carbons (Fsp3) is 0.846. The zero-order valence-corrected chi connectivity index (χ0v) is 11.0. The number of hydrogen-bond donors (Lipinski definition) is 2. The molecule has 2 fully saturated rings. The second-order valence-electron chi connectivity index (χ2n) is 5.66. The van der Waals surface area contributed by atoms with Crippen LogP contribution < -0.4 is 11.1 Å². The zero-order valence-electron chi connectivity index (χ0n) is 11.0. The third-order valence-corrected chi connectivity index (χ3v) is 4.12. The average Bonchev–Trinajstić information content (AvgIpc) is 2.61. The van der Waals surface area contributed by atoms with E-state index in [1.54, 1.807) is 11.9 Å². The first-order valence-electron chi connectivity index (χ1n) is 6.85. The minimum absolute atomic E-state index is 0.0187. The average molecular weight is 253 g/mol. The SMILES string of the molecule is CN1CC(NC(=O)CC2CCCCC2N)CC1=O. The fourth-order valence-electron chi connectivity index (χ4n) is 2.97. The van der Waals surface area contributed by atoms with Gasteiger partial charge in [-0.05, 0) is 18.8 Å². The highest BCUT2D eigenvalue weighted by atomic mass is 16.2. The molecule has 3 atom stereocenters. The van der Waals surface area contributed by atoms with Gasteiger partial charge in [0.15, 0.2) is 0 Å². The normalized spacial score (nSPS) is 32.7. The van der Waals surface area contributed by atoms with E-state index in [-0.39, 0.29) is 23.9 Å². The Kier molecular flexibility index (Phi) is 4.22. The summed E-state index contributed by atoms with van der Waals surface area (Å²) in [7, 11) is 1.77. The van der Waals surface area contributed by atoms with Crippen molar-refractivity contribution in [3.05, 3.63) is 0 Å². The van der Waals surface area contributed by atoms with Crippen LogP contribution in [0, 0.1) is 5.92 Å². The van der Waals surface area contributed by atoms with Crippen molar-refractivity contribution in [2.75, 3.05) is 13.6 Å². The molecule has 3 unspecified atom stereocenters. The highest BCUT2D eigenvalue weighted by Gasteiger charge is 2.29. The van der Waals surface area contributed by atoms with E-state index in [4.69, 9.17) is 5.73 Å². The first-order chi connectivity index (χ1) is 8.56. The Morgan fingerprint density at radius 3 is 2.78 bits per heavy atom. The second-order valence-corrected chi connectivity index (χ2v) is 5.66. The van der Waals surface area contributed by atoms with Gasteiger partial charge in [0.2, 0.25) is 11.8 Å². The lowest BCUT2D eigenvalue weighted by Gasteiger charge is -2.28. The molecule has 1 saturated heterocycles. The highest BCUT2D eigenvalue weighted by Crippen LogP contribution is 2.25. The summed E-state index contributed by atoms with van der Waals surface area (Å²) < 4.78 is 0. The standard InChI is InChI=1S/C13H23N3O2/c1-16-8-10(7-13(16)18)15-12(17)6-9-4-2-3-5-11(9)14/h9-11H,2-8,14H2,1H3,(H,15,17). The molecule has 5 heteroatoms. The second kappa shape index (κ2) is 5.69. The van der Waals surface area contributed by atoms with Crippen LogP contribution in [0.1, 0.15) is 38.5 Å². The Labute approximate surface area is 108 Å². The Bertz CT molecular complexity index is 332. The topological polar surface area (TPSA) is 75.4 Å². The molecule has 1 aliphatic carbocycles. The summed E-state index contributed by atoms with van der Waals surface area (Å²) in [5.41, 5.74) is 6.04. The molecule has 1 aliphatic heterocycles. The van der Waals surface area contributed by atoms with Crippen molar-refractivity contribution in [2.24, 2.45) is 11.7 Å². The lowest BCUT2D eigenvalue weighted by molar-refractivity contribution is -0.126. The molecular formula is C13H23N3O2. The van der Waals surface area contributed by atoms with E-state index in [0.717, 1.165) is 12.8 Å². The lowest BCUT2D eigenvalue weighted by Crippen LogP contribution is -2.41. The molecule has 18 heavy (non-hydrogen) atoms. The highest BCUT2D eigenvalue weighted by molar-refractivity contribution is 5.82. The number of likely N-dealkylation sites (tertiary alicyclic amines) is 1. The van der Waals surface area contributed by atoms with E-state index in [1.807, 2.05) is 0 Å². The molecule has 2 amide bonds. The molecule has 1 heterocycles. The van der Waals surface area contributed by atoms with Gasteiger partial charge < -0.3 is 16.0 Å². The maximum absolute atomic E-state index is 11.9. The van der Waals surface area contributed by atoms with Gasteiger partial charge in [-0.25, -0.2) is 0 Å². The predicted octanol–water partition coefficient (Wildman–Crippen LogP) is 0.241. The van der Waals surface area contributed by atoms with E-state index in [0.29, 0.717) is 25.3 Å². The quantitative estimate of drug-likeness (QED) is 0.756. The number of hydrogen-bond acceptors (Lipinski definition) is 3. The van der Waals surface area contributed by atoms with Gasteiger partial charge in [0.1, 0.15) is 0 Å².